The van der Waals surface area contributed by atoms with E-state index in [9.17, 15) is 9.18 Å². The molecule has 2 aliphatic rings. The number of anilines is 3. The average molecular weight is 468 g/mol. The Morgan fingerprint density at radius 2 is 1.94 bits per heavy atom. The van der Waals surface area contributed by atoms with Gasteiger partial charge in [-0.05, 0) is 25.1 Å². The number of rotatable bonds is 7. The van der Waals surface area contributed by atoms with Crippen LogP contribution < -0.4 is 19.7 Å². The molecule has 3 heterocycles. The molecule has 9 nitrogen and oxygen atoms in total. The first-order chi connectivity index (χ1) is 16.5. The number of nitrogens with one attached hydrogen (secondary N) is 1. The summed E-state index contributed by atoms with van der Waals surface area (Å²) in [4.78, 5) is 25.2. The lowest BCUT2D eigenvalue weighted by atomic mass is 9.94. The van der Waals surface area contributed by atoms with Crippen molar-refractivity contribution in [3.63, 3.8) is 0 Å². The number of amides is 1. The largest absolute Gasteiger partial charge is 0.496 e. The number of alkyl halides is 1. The lowest BCUT2D eigenvalue weighted by Gasteiger charge is -2.45. The maximum Gasteiger partial charge on any atom is 0.415 e. The zero-order chi connectivity index (χ0) is 23.9. The number of carbonyl (C=O) groups excluding carboxylic acids is 1. The zero-order valence-electron chi connectivity index (χ0n) is 19.3. The minimum absolute atomic E-state index is 0.342. The van der Waals surface area contributed by atoms with E-state index in [1.807, 2.05) is 36.1 Å². The Morgan fingerprint density at radius 1 is 1.15 bits per heavy atom. The van der Waals surface area contributed by atoms with Gasteiger partial charge in [-0.25, -0.2) is 19.2 Å². The number of fused-ring (bicyclic) bond motifs is 1. The van der Waals surface area contributed by atoms with E-state index < -0.39 is 18.4 Å². The molecule has 34 heavy (non-hydrogen) atoms. The number of methoxy groups -OCH3 is 2. The molecule has 10 heteroatoms. The average Bonchev–Trinajstić information content (AvgIpc) is 3.17. The van der Waals surface area contributed by atoms with Crippen molar-refractivity contribution in [1.29, 1.82) is 0 Å². The van der Waals surface area contributed by atoms with Crippen LogP contribution in [0.25, 0.3) is 10.9 Å². The molecule has 0 bridgehead atoms. The maximum absolute atomic E-state index is 12.8. The third-order valence-corrected chi connectivity index (χ3v) is 6.38. The van der Waals surface area contributed by atoms with E-state index in [1.165, 1.54) is 6.33 Å². The molecular formula is C24H26FN5O4. The SMILES string of the molecule is COc1cc2ncnc(Nc3cccc(OC)c3C)c2cc1N1CC2(CN(CCF)C2)OC1=O. The van der Waals surface area contributed by atoms with Crippen molar-refractivity contribution in [2.45, 2.75) is 12.5 Å². The van der Waals surface area contributed by atoms with Gasteiger partial charge in [0, 0.05) is 42.3 Å². The minimum Gasteiger partial charge on any atom is -0.496 e. The molecule has 2 fully saturated rings. The lowest BCUT2D eigenvalue weighted by Crippen LogP contribution is -2.64. The molecule has 0 atom stereocenters. The van der Waals surface area contributed by atoms with Gasteiger partial charge in [-0.1, -0.05) is 6.07 Å². The van der Waals surface area contributed by atoms with Crippen LogP contribution in [-0.2, 0) is 4.74 Å². The van der Waals surface area contributed by atoms with Gasteiger partial charge < -0.3 is 19.5 Å². The van der Waals surface area contributed by atoms with Gasteiger partial charge in [0.05, 0.1) is 32.0 Å². The Balaban J connectivity index is 1.51. The van der Waals surface area contributed by atoms with Gasteiger partial charge >= 0.3 is 6.09 Å². The highest BCUT2D eigenvalue weighted by atomic mass is 19.1. The second-order valence-electron chi connectivity index (χ2n) is 8.56. The Morgan fingerprint density at radius 3 is 2.68 bits per heavy atom. The van der Waals surface area contributed by atoms with Crippen LogP contribution in [0, 0.1) is 6.92 Å². The van der Waals surface area contributed by atoms with E-state index in [0.29, 0.717) is 49.0 Å². The quantitative estimate of drug-likeness (QED) is 0.563. The normalized spacial score (nSPS) is 17.1. The van der Waals surface area contributed by atoms with E-state index in [-0.39, 0.29) is 0 Å². The summed E-state index contributed by atoms with van der Waals surface area (Å²) in [7, 11) is 3.18. The second-order valence-corrected chi connectivity index (χ2v) is 8.56. The lowest BCUT2D eigenvalue weighted by molar-refractivity contribution is -0.0736. The third-order valence-electron chi connectivity index (χ3n) is 6.38. The molecule has 1 amide bonds. The van der Waals surface area contributed by atoms with E-state index in [4.69, 9.17) is 14.2 Å². The van der Waals surface area contributed by atoms with E-state index in [1.54, 1.807) is 25.2 Å². The molecule has 1 spiro atoms. The number of nitrogens with zero attached hydrogens (tertiary/aromatic N) is 4. The van der Waals surface area contributed by atoms with Gasteiger partial charge in [-0.2, -0.15) is 0 Å². The van der Waals surface area contributed by atoms with Crippen molar-refractivity contribution >= 4 is 34.2 Å². The summed E-state index contributed by atoms with van der Waals surface area (Å²) < 4.78 is 29.4. The van der Waals surface area contributed by atoms with Crippen LogP contribution in [-0.4, -0.2) is 73.6 Å². The van der Waals surface area contributed by atoms with Gasteiger partial charge in [0.2, 0.25) is 0 Å². The standard InChI is InChI=1S/C24H26FN5O4/c1-15-17(5-4-6-20(15)32-2)28-22-16-9-19(21(33-3)10-18(16)26-14-27-22)30-13-24(34-23(30)31)11-29(12-24)8-7-25/h4-6,9-10,14H,7-8,11-13H2,1-3H3,(H,26,27,28). The number of carbonyl (C=O) groups is 1. The fraction of sp³-hybridized carbons (Fsp3) is 0.375. The molecule has 2 aliphatic heterocycles. The predicted octanol–water partition coefficient (Wildman–Crippen LogP) is 3.68. The van der Waals surface area contributed by atoms with Crippen LogP contribution in [0.15, 0.2) is 36.7 Å². The molecule has 0 saturated carbocycles. The summed E-state index contributed by atoms with van der Waals surface area (Å²) in [5, 5.41) is 4.09. The van der Waals surface area contributed by atoms with Crippen LogP contribution in [0.4, 0.5) is 26.4 Å². The molecule has 0 aliphatic carbocycles. The predicted molar refractivity (Wildman–Crippen MR) is 126 cm³/mol. The van der Waals surface area contributed by atoms with Crippen LogP contribution in [0.5, 0.6) is 11.5 Å². The van der Waals surface area contributed by atoms with Crippen molar-refractivity contribution in [2.24, 2.45) is 0 Å². The monoisotopic (exact) mass is 467 g/mol. The maximum atomic E-state index is 12.8. The first-order valence-corrected chi connectivity index (χ1v) is 11.0. The Labute approximate surface area is 196 Å². The summed E-state index contributed by atoms with van der Waals surface area (Å²) in [6.07, 6.45) is 1.03. The third kappa shape index (κ3) is 3.73. The highest BCUT2D eigenvalue weighted by molar-refractivity contribution is 6.00. The number of ether oxygens (including phenoxy) is 3. The van der Waals surface area contributed by atoms with Crippen molar-refractivity contribution < 1.29 is 23.4 Å². The molecule has 0 unspecified atom stereocenters. The van der Waals surface area contributed by atoms with E-state index in [2.05, 4.69) is 15.3 Å². The molecule has 1 aromatic heterocycles. The van der Waals surface area contributed by atoms with Gasteiger partial charge in [0.1, 0.15) is 30.3 Å². The van der Waals surface area contributed by atoms with Crippen molar-refractivity contribution in [1.82, 2.24) is 14.9 Å². The molecule has 2 saturated heterocycles. The molecular weight excluding hydrogens is 441 g/mol. The zero-order valence-corrected chi connectivity index (χ0v) is 19.3. The Bertz CT molecular complexity index is 1250. The van der Waals surface area contributed by atoms with E-state index in [0.717, 1.165) is 22.4 Å². The van der Waals surface area contributed by atoms with Gasteiger partial charge in [0.25, 0.3) is 0 Å². The number of hydrogen-bond acceptors (Lipinski definition) is 8. The van der Waals surface area contributed by atoms with Crippen LogP contribution >= 0.6 is 0 Å². The van der Waals surface area contributed by atoms with Crippen LogP contribution in [0.1, 0.15) is 5.56 Å². The number of hydrogen-bond donors (Lipinski definition) is 1. The Hall–Kier alpha value is -3.66. The van der Waals surface area contributed by atoms with Crippen molar-refractivity contribution in [3.05, 3.63) is 42.2 Å². The van der Waals surface area contributed by atoms with Gasteiger partial charge in [-0.15, -0.1) is 0 Å². The first kappa shape index (κ1) is 22.1. The van der Waals surface area contributed by atoms with Gasteiger partial charge in [0.15, 0.2) is 5.60 Å². The summed E-state index contributed by atoms with van der Waals surface area (Å²) in [5.74, 6) is 1.85. The number of benzene rings is 2. The molecule has 1 N–H and O–H groups in total. The fourth-order valence-corrected chi connectivity index (χ4v) is 4.66. The van der Waals surface area contributed by atoms with Crippen LogP contribution in [0.2, 0.25) is 0 Å². The fourth-order valence-electron chi connectivity index (χ4n) is 4.66. The second kappa shape index (κ2) is 8.60. The van der Waals surface area contributed by atoms with Crippen molar-refractivity contribution in [2.75, 3.05) is 57.3 Å². The van der Waals surface area contributed by atoms with Gasteiger partial charge in [-0.3, -0.25) is 9.80 Å². The first-order valence-electron chi connectivity index (χ1n) is 11.0. The van der Waals surface area contributed by atoms with Crippen molar-refractivity contribution in [3.8, 4) is 11.5 Å². The number of halogens is 1. The molecule has 178 valence electrons. The summed E-state index contributed by atoms with van der Waals surface area (Å²) in [6, 6.07) is 9.36. The summed E-state index contributed by atoms with van der Waals surface area (Å²) in [6.45, 7) is 3.27. The summed E-state index contributed by atoms with van der Waals surface area (Å²) >= 11 is 0. The molecule has 0 radical (unpaired) electrons. The minimum atomic E-state index is -0.627. The molecule has 2 aromatic carbocycles. The van der Waals surface area contributed by atoms with E-state index >= 15 is 0 Å². The molecule has 5 rings (SSSR count). The Kier molecular flexibility index (Phi) is 5.60. The molecule has 3 aromatic rings. The number of aromatic nitrogens is 2. The highest BCUT2D eigenvalue weighted by Gasteiger charge is 2.54. The topological polar surface area (TPSA) is 89.1 Å². The number of likely N-dealkylation sites (tertiary alicyclic amines) is 1. The van der Waals surface area contributed by atoms with Crippen LogP contribution in [0.3, 0.4) is 0 Å². The smallest absolute Gasteiger partial charge is 0.415 e. The highest BCUT2D eigenvalue weighted by Crippen LogP contribution is 2.41. The summed E-state index contributed by atoms with van der Waals surface area (Å²) in [5.41, 5.74) is 2.40.